The first-order chi connectivity index (χ1) is 11.2. The van der Waals surface area contributed by atoms with E-state index < -0.39 is 0 Å². The van der Waals surface area contributed by atoms with E-state index in [2.05, 4.69) is 101 Å². The van der Waals surface area contributed by atoms with Crippen LogP contribution in [-0.2, 0) is 0 Å². The molecular weight excluding hydrogens is 436 g/mol. The molecule has 112 valence electrons. The van der Waals surface area contributed by atoms with Gasteiger partial charge in [-0.05, 0) is 58.7 Å². The lowest BCUT2D eigenvalue weighted by molar-refractivity contribution is 1.56. The SMILES string of the molecule is Brc1ccc(-c2cc3nsnc3cc2-c2ccc(Br)cc2)cc1. The number of benzene rings is 3. The van der Waals surface area contributed by atoms with E-state index in [-0.39, 0.29) is 0 Å². The van der Waals surface area contributed by atoms with E-state index in [9.17, 15) is 0 Å². The van der Waals surface area contributed by atoms with Crippen LogP contribution in [0.2, 0.25) is 0 Å². The Labute approximate surface area is 154 Å². The van der Waals surface area contributed by atoms with Gasteiger partial charge in [-0.1, -0.05) is 56.1 Å². The third-order valence-electron chi connectivity index (χ3n) is 3.70. The zero-order valence-corrected chi connectivity index (χ0v) is 15.8. The van der Waals surface area contributed by atoms with Gasteiger partial charge in [0.25, 0.3) is 0 Å². The molecule has 3 aromatic carbocycles. The van der Waals surface area contributed by atoms with Gasteiger partial charge in [0.2, 0.25) is 0 Å². The highest BCUT2D eigenvalue weighted by molar-refractivity contribution is 9.10. The molecule has 23 heavy (non-hydrogen) atoms. The van der Waals surface area contributed by atoms with E-state index in [4.69, 9.17) is 0 Å². The Morgan fingerprint density at radius 2 is 1.00 bits per heavy atom. The molecule has 0 unspecified atom stereocenters. The largest absolute Gasteiger partial charge is 0.173 e. The fourth-order valence-corrected chi connectivity index (χ4v) is 3.61. The molecular formula is C18H10Br2N2S. The number of fused-ring (bicyclic) bond motifs is 1. The van der Waals surface area contributed by atoms with Crippen LogP contribution in [0.15, 0.2) is 69.6 Å². The summed E-state index contributed by atoms with van der Waals surface area (Å²) < 4.78 is 10.9. The molecule has 0 aliphatic rings. The molecule has 2 nitrogen and oxygen atoms in total. The normalized spacial score (nSPS) is 11.0. The maximum Gasteiger partial charge on any atom is 0.105 e. The van der Waals surface area contributed by atoms with Crippen LogP contribution in [-0.4, -0.2) is 8.75 Å². The highest BCUT2D eigenvalue weighted by atomic mass is 79.9. The summed E-state index contributed by atoms with van der Waals surface area (Å²) in [7, 11) is 0. The van der Waals surface area contributed by atoms with E-state index in [0.717, 1.165) is 20.0 Å². The van der Waals surface area contributed by atoms with Crippen LogP contribution >= 0.6 is 43.6 Å². The van der Waals surface area contributed by atoms with Crippen molar-refractivity contribution in [3.8, 4) is 22.3 Å². The molecule has 0 fully saturated rings. The standard InChI is InChI=1S/C18H10Br2N2S/c19-13-5-1-11(2-6-13)15-9-17-18(22-23-21-17)10-16(15)12-3-7-14(20)8-4-12/h1-10H. The molecule has 4 rings (SSSR count). The molecule has 0 saturated carbocycles. The lowest BCUT2D eigenvalue weighted by Crippen LogP contribution is -1.86. The van der Waals surface area contributed by atoms with E-state index in [1.54, 1.807) is 0 Å². The second-order valence-electron chi connectivity index (χ2n) is 5.16. The zero-order valence-electron chi connectivity index (χ0n) is 11.8. The van der Waals surface area contributed by atoms with Gasteiger partial charge in [-0.3, -0.25) is 0 Å². The fourth-order valence-electron chi connectivity index (χ4n) is 2.57. The summed E-state index contributed by atoms with van der Waals surface area (Å²) >= 11 is 8.24. The highest BCUT2D eigenvalue weighted by Gasteiger charge is 2.11. The topological polar surface area (TPSA) is 25.8 Å². The molecule has 4 aromatic rings. The van der Waals surface area contributed by atoms with Gasteiger partial charge in [0.05, 0.1) is 11.7 Å². The van der Waals surface area contributed by atoms with Crippen LogP contribution in [0, 0.1) is 0 Å². The van der Waals surface area contributed by atoms with Crippen molar-refractivity contribution in [1.29, 1.82) is 0 Å². The van der Waals surface area contributed by atoms with Crippen molar-refractivity contribution in [1.82, 2.24) is 8.75 Å². The number of rotatable bonds is 2. The van der Waals surface area contributed by atoms with Crippen LogP contribution < -0.4 is 0 Å². The van der Waals surface area contributed by atoms with E-state index >= 15 is 0 Å². The molecule has 0 spiro atoms. The summed E-state index contributed by atoms with van der Waals surface area (Å²) in [5.74, 6) is 0. The summed E-state index contributed by atoms with van der Waals surface area (Å²) in [6.07, 6.45) is 0. The average Bonchev–Trinajstić information content (AvgIpc) is 3.03. The second kappa shape index (κ2) is 6.15. The first-order valence-electron chi connectivity index (χ1n) is 6.99. The number of hydrogen-bond acceptors (Lipinski definition) is 3. The first-order valence-corrected chi connectivity index (χ1v) is 9.30. The lowest BCUT2D eigenvalue weighted by atomic mass is 9.94. The minimum atomic E-state index is 0.939. The van der Waals surface area contributed by atoms with E-state index in [1.807, 2.05) is 0 Å². The minimum absolute atomic E-state index is 0.939. The Balaban J connectivity index is 1.98. The van der Waals surface area contributed by atoms with Crippen molar-refractivity contribution in [3.63, 3.8) is 0 Å². The maximum absolute atomic E-state index is 4.39. The second-order valence-corrected chi connectivity index (χ2v) is 7.52. The Morgan fingerprint density at radius 3 is 1.39 bits per heavy atom. The third-order valence-corrected chi connectivity index (χ3v) is 5.32. The van der Waals surface area contributed by atoms with E-state index in [1.165, 1.54) is 34.0 Å². The Hall–Kier alpha value is -1.56. The average molecular weight is 446 g/mol. The molecule has 0 bridgehead atoms. The Morgan fingerprint density at radius 1 is 0.609 bits per heavy atom. The van der Waals surface area contributed by atoms with Crippen molar-refractivity contribution in [2.45, 2.75) is 0 Å². The summed E-state index contributed by atoms with van der Waals surface area (Å²) in [5.41, 5.74) is 6.55. The monoisotopic (exact) mass is 444 g/mol. The molecule has 5 heteroatoms. The van der Waals surface area contributed by atoms with Gasteiger partial charge < -0.3 is 0 Å². The molecule has 0 aliphatic carbocycles. The first kappa shape index (κ1) is 15.0. The lowest BCUT2D eigenvalue weighted by Gasteiger charge is -2.11. The van der Waals surface area contributed by atoms with Crippen LogP contribution in [0.25, 0.3) is 33.3 Å². The molecule has 0 radical (unpaired) electrons. The molecule has 0 saturated heterocycles. The number of halogens is 2. The van der Waals surface area contributed by atoms with Gasteiger partial charge in [0.15, 0.2) is 0 Å². The minimum Gasteiger partial charge on any atom is -0.173 e. The highest BCUT2D eigenvalue weighted by Crippen LogP contribution is 2.36. The van der Waals surface area contributed by atoms with Crippen molar-refractivity contribution in [2.75, 3.05) is 0 Å². The van der Waals surface area contributed by atoms with Crippen LogP contribution in [0.4, 0.5) is 0 Å². The maximum atomic E-state index is 4.39. The molecule has 0 atom stereocenters. The van der Waals surface area contributed by atoms with Crippen molar-refractivity contribution >= 4 is 54.6 Å². The quantitative estimate of drug-likeness (QED) is 0.349. The third kappa shape index (κ3) is 2.96. The Kier molecular flexibility index (Phi) is 4.01. The van der Waals surface area contributed by atoms with Gasteiger partial charge >= 0.3 is 0 Å². The molecule has 0 N–H and O–H groups in total. The van der Waals surface area contributed by atoms with Gasteiger partial charge in [-0.2, -0.15) is 8.75 Å². The van der Waals surface area contributed by atoms with Gasteiger partial charge in [0, 0.05) is 8.95 Å². The smallest absolute Gasteiger partial charge is 0.105 e. The number of hydrogen-bond donors (Lipinski definition) is 0. The van der Waals surface area contributed by atoms with Crippen molar-refractivity contribution in [2.24, 2.45) is 0 Å². The molecule has 0 aliphatic heterocycles. The summed E-state index contributed by atoms with van der Waals surface area (Å²) in [4.78, 5) is 0. The molecule has 1 aromatic heterocycles. The zero-order chi connectivity index (χ0) is 15.8. The van der Waals surface area contributed by atoms with Crippen LogP contribution in [0.1, 0.15) is 0 Å². The van der Waals surface area contributed by atoms with Gasteiger partial charge in [0.1, 0.15) is 11.0 Å². The van der Waals surface area contributed by atoms with Crippen LogP contribution in [0.3, 0.4) is 0 Å². The molecule has 1 heterocycles. The summed E-state index contributed by atoms with van der Waals surface area (Å²) in [6.45, 7) is 0. The predicted octanol–water partition coefficient (Wildman–Crippen LogP) is 6.55. The molecule has 0 amide bonds. The van der Waals surface area contributed by atoms with Crippen molar-refractivity contribution < 1.29 is 0 Å². The van der Waals surface area contributed by atoms with Crippen LogP contribution in [0.5, 0.6) is 0 Å². The summed E-state index contributed by atoms with van der Waals surface area (Å²) in [6, 6.07) is 21.0. The van der Waals surface area contributed by atoms with E-state index in [0.29, 0.717) is 0 Å². The predicted molar refractivity (Wildman–Crippen MR) is 104 cm³/mol. The number of nitrogens with zero attached hydrogens (tertiary/aromatic N) is 2. The fraction of sp³-hybridized carbons (Fsp3) is 0. The van der Waals surface area contributed by atoms with Gasteiger partial charge in [-0.15, -0.1) is 0 Å². The van der Waals surface area contributed by atoms with Crippen molar-refractivity contribution in [3.05, 3.63) is 69.6 Å². The Bertz CT molecular complexity index is 897. The summed E-state index contributed by atoms with van der Waals surface area (Å²) in [5, 5.41) is 0. The van der Waals surface area contributed by atoms with Gasteiger partial charge in [-0.25, -0.2) is 0 Å². The number of aromatic nitrogens is 2.